The molecule has 98 valence electrons. The molecule has 2 heterocycles. The van der Waals surface area contributed by atoms with Gasteiger partial charge in [0.1, 0.15) is 5.82 Å². The Labute approximate surface area is 102 Å². The Morgan fingerprint density at radius 3 is 2.72 bits per heavy atom. The average Bonchev–Trinajstić information content (AvgIpc) is 2.71. The number of hydrogen-bond donors (Lipinski definition) is 0. The molecule has 0 aliphatic carbocycles. The lowest BCUT2D eigenvalue weighted by atomic mass is 10.2. The largest absolute Gasteiger partial charge is 0.451 e. The number of aromatic nitrogens is 3. The molecule has 18 heavy (non-hydrogen) atoms. The van der Waals surface area contributed by atoms with E-state index in [0.717, 1.165) is 4.57 Å². The van der Waals surface area contributed by atoms with Gasteiger partial charge in [-0.1, -0.05) is 0 Å². The van der Waals surface area contributed by atoms with Crippen LogP contribution in [0.1, 0.15) is 25.0 Å². The van der Waals surface area contributed by atoms with Crippen molar-refractivity contribution in [2.75, 3.05) is 6.54 Å². The number of nitriles is 1. The first-order valence-electron chi connectivity index (χ1n) is 5.53. The van der Waals surface area contributed by atoms with E-state index in [4.69, 9.17) is 5.26 Å². The molecule has 1 atom stereocenters. The molecule has 1 unspecified atom stereocenters. The lowest BCUT2D eigenvalue weighted by Gasteiger charge is -2.31. The zero-order valence-electron chi connectivity index (χ0n) is 9.78. The van der Waals surface area contributed by atoms with Crippen molar-refractivity contribution in [3.63, 3.8) is 0 Å². The summed E-state index contributed by atoms with van der Waals surface area (Å²) in [5.41, 5.74) is 0. The van der Waals surface area contributed by atoms with Crippen LogP contribution in [-0.4, -0.2) is 32.3 Å². The van der Waals surface area contributed by atoms with Gasteiger partial charge in [-0.15, -0.1) is 10.2 Å². The smallest absolute Gasteiger partial charge is 0.305 e. The summed E-state index contributed by atoms with van der Waals surface area (Å²) in [7, 11) is 0. The minimum Gasteiger partial charge on any atom is -0.305 e. The van der Waals surface area contributed by atoms with Gasteiger partial charge in [-0.25, -0.2) is 0 Å². The number of hydrogen-bond acceptors (Lipinski definition) is 4. The van der Waals surface area contributed by atoms with Gasteiger partial charge in [-0.2, -0.15) is 18.4 Å². The van der Waals surface area contributed by atoms with Crippen LogP contribution in [0, 0.1) is 11.3 Å². The van der Waals surface area contributed by atoms with E-state index in [1.807, 2.05) is 11.8 Å². The maximum Gasteiger partial charge on any atom is 0.451 e. The van der Waals surface area contributed by atoms with Gasteiger partial charge in [0, 0.05) is 19.1 Å². The van der Waals surface area contributed by atoms with Crippen molar-refractivity contribution >= 4 is 0 Å². The summed E-state index contributed by atoms with van der Waals surface area (Å²) >= 11 is 0. The molecule has 0 aromatic carbocycles. The monoisotopic (exact) mass is 259 g/mol. The highest BCUT2D eigenvalue weighted by molar-refractivity contribution is 5.02. The Morgan fingerprint density at radius 2 is 2.11 bits per heavy atom. The fourth-order valence-electron chi connectivity index (χ4n) is 2.02. The van der Waals surface area contributed by atoms with E-state index in [9.17, 15) is 13.2 Å². The number of fused-ring (bicyclic) bond motifs is 1. The third-order valence-corrected chi connectivity index (χ3v) is 3.05. The predicted octanol–water partition coefficient (Wildman–Crippen LogP) is 1.41. The Balaban J connectivity index is 2.18. The van der Waals surface area contributed by atoms with Crippen LogP contribution in [0.5, 0.6) is 0 Å². The average molecular weight is 259 g/mol. The van der Waals surface area contributed by atoms with Crippen molar-refractivity contribution in [3.8, 4) is 6.07 Å². The lowest BCUT2D eigenvalue weighted by molar-refractivity contribution is -0.148. The number of nitrogens with zero attached hydrogens (tertiary/aromatic N) is 5. The normalized spacial score (nSPS) is 18.2. The zero-order chi connectivity index (χ0) is 13.3. The van der Waals surface area contributed by atoms with Crippen molar-refractivity contribution in [1.82, 2.24) is 19.7 Å². The third kappa shape index (κ3) is 2.31. The first-order valence-corrected chi connectivity index (χ1v) is 5.53. The molecule has 1 aromatic heterocycles. The van der Waals surface area contributed by atoms with Gasteiger partial charge in [-0.3, -0.25) is 4.90 Å². The number of rotatable bonds is 2. The highest BCUT2D eigenvalue weighted by Gasteiger charge is 2.39. The van der Waals surface area contributed by atoms with Gasteiger partial charge in [0.25, 0.3) is 0 Å². The Hall–Kier alpha value is -1.62. The molecular formula is C10H12F3N5. The molecule has 0 spiro atoms. The van der Waals surface area contributed by atoms with E-state index in [-0.39, 0.29) is 12.6 Å². The second-order valence-electron chi connectivity index (χ2n) is 4.27. The van der Waals surface area contributed by atoms with Gasteiger partial charge < -0.3 is 4.57 Å². The standard InChI is InChI=1S/C10H12F3N5/c1-7(2-3-14)17-4-5-18-8(6-17)15-16-9(18)10(11,12)13/h7H,2,4-6H2,1H3. The van der Waals surface area contributed by atoms with Gasteiger partial charge in [0.15, 0.2) is 0 Å². The fraction of sp³-hybridized carbons (Fsp3) is 0.700. The predicted molar refractivity (Wildman–Crippen MR) is 55.1 cm³/mol. The molecule has 0 N–H and O–H groups in total. The molecule has 1 aromatic rings. The van der Waals surface area contributed by atoms with Crippen molar-refractivity contribution in [2.24, 2.45) is 0 Å². The summed E-state index contributed by atoms with van der Waals surface area (Å²) in [6, 6.07) is 2.06. The maximum atomic E-state index is 12.6. The summed E-state index contributed by atoms with van der Waals surface area (Å²) in [4.78, 5) is 1.94. The lowest BCUT2D eigenvalue weighted by Crippen LogP contribution is -2.40. The highest BCUT2D eigenvalue weighted by atomic mass is 19.4. The molecule has 0 bridgehead atoms. The van der Waals surface area contributed by atoms with E-state index >= 15 is 0 Å². The molecule has 5 nitrogen and oxygen atoms in total. The molecule has 0 saturated carbocycles. The molecular weight excluding hydrogens is 247 g/mol. The van der Waals surface area contributed by atoms with Crippen LogP contribution in [0.2, 0.25) is 0 Å². The summed E-state index contributed by atoms with van der Waals surface area (Å²) in [6.45, 7) is 2.84. The van der Waals surface area contributed by atoms with E-state index in [1.165, 1.54) is 0 Å². The van der Waals surface area contributed by atoms with Gasteiger partial charge in [-0.05, 0) is 6.92 Å². The molecule has 1 aliphatic heterocycles. The van der Waals surface area contributed by atoms with Gasteiger partial charge in [0.2, 0.25) is 5.82 Å². The van der Waals surface area contributed by atoms with E-state index < -0.39 is 12.0 Å². The minimum atomic E-state index is -4.47. The Bertz CT molecular complexity index is 473. The Morgan fingerprint density at radius 1 is 1.39 bits per heavy atom. The minimum absolute atomic E-state index is 0.00906. The molecule has 0 radical (unpaired) electrons. The van der Waals surface area contributed by atoms with Crippen LogP contribution >= 0.6 is 0 Å². The topological polar surface area (TPSA) is 57.7 Å². The van der Waals surface area contributed by atoms with Crippen molar-refractivity contribution in [1.29, 1.82) is 5.26 Å². The van der Waals surface area contributed by atoms with Crippen LogP contribution in [0.15, 0.2) is 0 Å². The first-order chi connectivity index (χ1) is 8.43. The van der Waals surface area contributed by atoms with Crippen LogP contribution in [-0.2, 0) is 19.3 Å². The molecule has 0 fully saturated rings. The second kappa shape index (κ2) is 4.57. The first kappa shape index (κ1) is 12.8. The summed E-state index contributed by atoms with van der Waals surface area (Å²) < 4.78 is 38.9. The van der Waals surface area contributed by atoms with Crippen LogP contribution < -0.4 is 0 Å². The number of alkyl halides is 3. The van der Waals surface area contributed by atoms with Gasteiger partial charge >= 0.3 is 6.18 Å². The summed E-state index contributed by atoms with van der Waals surface area (Å²) in [5, 5.41) is 15.4. The van der Waals surface area contributed by atoms with E-state index in [0.29, 0.717) is 25.3 Å². The molecule has 8 heteroatoms. The molecule has 1 aliphatic rings. The van der Waals surface area contributed by atoms with Crippen LogP contribution in [0.3, 0.4) is 0 Å². The van der Waals surface area contributed by atoms with Crippen molar-refractivity contribution < 1.29 is 13.2 Å². The summed E-state index contributed by atoms with van der Waals surface area (Å²) in [5.74, 6) is -0.636. The van der Waals surface area contributed by atoms with Crippen molar-refractivity contribution in [3.05, 3.63) is 11.6 Å². The van der Waals surface area contributed by atoms with E-state index in [1.54, 1.807) is 0 Å². The molecule has 2 rings (SSSR count). The van der Waals surface area contributed by atoms with Gasteiger partial charge in [0.05, 0.1) is 19.0 Å². The molecule has 0 amide bonds. The second-order valence-corrected chi connectivity index (χ2v) is 4.27. The highest BCUT2D eigenvalue weighted by Crippen LogP contribution is 2.29. The fourth-order valence-corrected chi connectivity index (χ4v) is 2.02. The van der Waals surface area contributed by atoms with E-state index in [2.05, 4.69) is 16.3 Å². The van der Waals surface area contributed by atoms with Crippen LogP contribution in [0.25, 0.3) is 0 Å². The Kier molecular flexibility index (Phi) is 3.26. The maximum absolute atomic E-state index is 12.6. The SMILES string of the molecule is CC(CC#N)N1CCn2c(nnc2C(F)(F)F)C1. The van der Waals surface area contributed by atoms with Crippen molar-refractivity contribution in [2.45, 2.75) is 38.7 Å². The quantitative estimate of drug-likeness (QED) is 0.805. The van der Waals surface area contributed by atoms with Crippen LogP contribution in [0.4, 0.5) is 13.2 Å². The third-order valence-electron chi connectivity index (χ3n) is 3.05. The summed E-state index contributed by atoms with van der Waals surface area (Å²) in [6.07, 6.45) is -4.12. The zero-order valence-corrected chi connectivity index (χ0v) is 9.78. The number of halogens is 3. The molecule has 0 saturated heterocycles.